The first-order valence-electron chi connectivity index (χ1n) is 47.9. The van der Waals surface area contributed by atoms with Crippen LogP contribution in [-0.2, 0) is 16.1 Å². The summed E-state index contributed by atoms with van der Waals surface area (Å²) in [6, 6.07) is 45.9. The highest BCUT2D eigenvalue weighted by Crippen LogP contribution is 2.36. The molecule has 1 aliphatic heterocycles. The van der Waals surface area contributed by atoms with Crippen molar-refractivity contribution in [2.45, 2.75) is 19.4 Å². The molecule has 0 atom stereocenters. The van der Waals surface area contributed by atoms with Gasteiger partial charge in [0.05, 0.1) is 118 Å². The lowest BCUT2D eigenvalue weighted by atomic mass is 10.0. The zero-order chi connectivity index (χ0) is 103. The molecule has 0 bridgehead atoms. The Morgan fingerprint density at radius 1 is 0.315 bits per heavy atom. The number of amides is 7. The third-order valence-corrected chi connectivity index (χ3v) is 24.3. The van der Waals surface area contributed by atoms with E-state index >= 15 is 0 Å². The number of hydrogen-bond acceptors (Lipinski definition) is 29. The first kappa shape index (κ1) is 104. The number of carbonyl (C=O) groups is 6. The van der Waals surface area contributed by atoms with E-state index in [-0.39, 0.29) is 52.9 Å². The molecule has 16 aromatic rings. The quantitative estimate of drug-likeness (QED) is 0.0179. The number of hydrogen-bond donors (Lipinski definition) is 10. The van der Waals surface area contributed by atoms with E-state index in [1.54, 1.807) is 63.7 Å². The average molecular weight is 1970 g/mol. The van der Waals surface area contributed by atoms with Crippen molar-refractivity contribution in [1.29, 1.82) is 0 Å². The molecule has 1 aliphatic carbocycles. The molecule has 146 heavy (non-hydrogen) atoms. The van der Waals surface area contributed by atoms with Crippen molar-refractivity contribution < 1.29 is 33.5 Å². The third-order valence-electron chi connectivity index (χ3n) is 24.3. The molecule has 0 spiro atoms. The van der Waals surface area contributed by atoms with Gasteiger partial charge >= 0.3 is 6.03 Å². The summed E-state index contributed by atoms with van der Waals surface area (Å²) in [5, 5.41) is 49.0. The molecule has 18 rings (SSSR count). The van der Waals surface area contributed by atoms with E-state index in [1.165, 1.54) is 4.90 Å². The van der Waals surface area contributed by atoms with E-state index in [0.717, 1.165) is 210 Å². The van der Waals surface area contributed by atoms with Crippen LogP contribution in [0.4, 0.5) is 67.9 Å². The van der Waals surface area contributed by atoms with Gasteiger partial charge in [-0.1, -0.05) is 24.3 Å². The van der Waals surface area contributed by atoms with E-state index in [0.29, 0.717) is 56.3 Å². The highest BCUT2D eigenvalue weighted by molar-refractivity contribution is 6.15. The summed E-state index contributed by atoms with van der Waals surface area (Å²) in [5.74, 6) is 2.25. The number of carbonyl (C=O) groups excluding carboxylic acids is 6. The van der Waals surface area contributed by atoms with Crippen molar-refractivity contribution in [3.8, 4) is 44.5 Å². The third kappa shape index (κ3) is 27.8. The Balaban J connectivity index is 0.000000146. The maximum Gasteiger partial charge on any atom is 0.321 e. The summed E-state index contributed by atoms with van der Waals surface area (Å²) in [5.41, 5.74) is 17.4. The smallest absolute Gasteiger partial charge is 0.321 e. The molecular formula is C106H125N33O7. The summed E-state index contributed by atoms with van der Waals surface area (Å²) in [4.78, 5) is 134. The van der Waals surface area contributed by atoms with Crippen LogP contribution in [0.3, 0.4) is 0 Å². The molecular weight excluding hydrogens is 1850 g/mol. The molecule has 13 heterocycles. The first-order valence-corrected chi connectivity index (χ1v) is 47.9. The molecule has 40 nitrogen and oxygen atoms in total. The number of benzene rings is 4. The molecule has 756 valence electrons. The summed E-state index contributed by atoms with van der Waals surface area (Å²) in [7, 11) is 31.7. The Kier molecular flexibility index (Phi) is 34.4. The van der Waals surface area contributed by atoms with Crippen LogP contribution in [0.2, 0.25) is 0 Å². The zero-order valence-corrected chi connectivity index (χ0v) is 85.1. The van der Waals surface area contributed by atoms with Gasteiger partial charge in [-0.25, -0.2) is 24.7 Å². The van der Waals surface area contributed by atoms with Crippen molar-refractivity contribution in [3.63, 3.8) is 0 Å². The number of anilines is 11. The first-order chi connectivity index (χ1) is 70.3. The fourth-order valence-electron chi connectivity index (χ4n) is 15.7. The fraction of sp³-hybridized carbons (Fsp3) is 0.302. The largest absolute Gasteiger partial charge is 0.378 e. The van der Waals surface area contributed by atoms with Crippen LogP contribution in [0, 0.1) is 5.92 Å². The Morgan fingerprint density at radius 3 is 0.938 bits per heavy atom. The standard InChI is InChI=1S/C27H32N8O2.C27H30N8O2.C26H31N9O2.C26H32N8O/c1-33(2)8-9-34(3)25-7-5-21(17-29-25)30-27(36)26-23-15-19(4-6-24(23)31-32-26)20-14-22(18-28-16-20)35-10-12-37-13-11-35;1-34(2)10-11-35(3)24-9-7-20(16-29-24)30-27(37)25-22-13-18(6-8-23(22)32-33-25)19-12-21(15-28-14-19)31-26(36)17-4-5-17;1-33(2)10-11-35(5)23-9-7-19(16-28-23)29-25(36)24-21-13-17(6-8-22(21)31-32-24)18-12-20(15-27-14-18)30-26(37)34(3)4;1-32(2)10-11-34(5)24-9-7-21(16-28-24)29-26(35)25-22-13-19(6-8-23(22)30-31-25)20-12-18(14-27-15-20)17-33(3)4/h4-7,14-18H,8-13H2,1-3H3,(H,30,36)(H,31,32);6-9,12-17H,4-5,10-11H2,1-3H3,(H,30,37)(H,31,36)(H,32,33);6-9,12-16H,10-11H2,1-5H3,(H,29,36)(H,30,37)(H,31,32);6-9,12-16H,10-11,17H2,1-5H3,(H,29,35)(H,30,31). The van der Waals surface area contributed by atoms with Gasteiger partial charge in [0.2, 0.25) is 5.91 Å². The number of aromatic amines is 4. The zero-order valence-electron chi connectivity index (χ0n) is 85.1. The highest BCUT2D eigenvalue weighted by Gasteiger charge is 2.30. The average Bonchev–Trinajstić information content (AvgIpc) is 1.65. The van der Waals surface area contributed by atoms with Gasteiger partial charge in [0, 0.05) is 195 Å². The minimum Gasteiger partial charge on any atom is -0.378 e. The molecule has 4 aromatic carbocycles. The van der Waals surface area contributed by atoms with Crippen molar-refractivity contribution in [2.75, 3.05) is 248 Å². The van der Waals surface area contributed by atoms with Gasteiger partial charge in [-0.15, -0.1) is 0 Å². The monoisotopic (exact) mass is 1970 g/mol. The molecule has 40 heteroatoms. The van der Waals surface area contributed by atoms with E-state index < -0.39 is 0 Å². The lowest BCUT2D eigenvalue weighted by Gasteiger charge is -2.28. The SMILES string of the molecule is CN(C)CCN(C)c1ccc(NC(=O)c2n[nH]c3ccc(-c4cncc(CN(C)C)c4)cc23)cn1.CN(C)CCN(C)c1ccc(NC(=O)c2n[nH]c3ccc(-c4cncc(N5CCOCC5)c4)cc23)cn1.CN(C)CCN(C)c1ccc(NC(=O)c2n[nH]c3ccc(-c4cncc(NC(=O)C5CC5)c4)cc23)cn1.CN(C)CCN(C)c1ccc(NC(=O)c2n[nH]c3ccc(-c4cncc(NC(=O)N(C)C)c4)cc23)cn1. The van der Waals surface area contributed by atoms with Crippen LogP contribution in [0.15, 0.2) is 220 Å². The number of nitrogens with one attached hydrogen (secondary N) is 10. The second-order valence-electron chi connectivity index (χ2n) is 37.5. The number of nitrogens with zero attached hydrogens (tertiary/aromatic N) is 23. The van der Waals surface area contributed by atoms with Gasteiger partial charge in [0.25, 0.3) is 23.6 Å². The normalized spacial score (nSPS) is 12.3. The van der Waals surface area contributed by atoms with Gasteiger partial charge < -0.3 is 90.5 Å². The van der Waals surface area contributed by atoms with Gasteiger partial charge in [0.1, 0.15) is 23.3 Å². The molecule has 1 saturated heterocycles. The fourth-order valence-corrected chi connectivity index (χ4v) is 15.7. The summed E-state index contributed by atoms with van der Waals surface area (Å²) < 4.78 is 5.47. The number of rotatable bonds is 34. The Bertz CT molecular complexity index is 6970. The summed E-state index contributed by atoms with van der Waals surface area (Å²) in [6.45, 7) is 11.0. The molecule has 10 N–H and O–H groups in total. The second kappa shape index (κ2) is 48.4. The highest BCUT2D eigenvalue weighted by atomic mass is 16.5. The lowest BCUT2D eigenvalue weighted by molar-refractivity contribution is -0.117. The Labute approximate surface area is 847 Å². The number of aromatic nitrogens is 16. The van der Waals surface area contributed by atoms with E-state index in [2.05, 4.69) is 174 Å². The predicted octanol–water partition coefficient (Wildman–Crippen LogP) is 13.4. The van der Waals surface area contributed by atoms with Crippen LogP contribution in [0.25, 0.3) is 88.1 Å². The Hall–Kier alpha value is -16.7. The minimum atomic E-state index is -0.343. The second-order valence-corrected chi connectivity index (χ2v) is 37.5. The maximum atomic E-state index is 13.1. The van der Waals surface area contributed by atoms with Gasteiger partial charge in [-0.05, 0) is 232 Å². The van der Waals surface area contributed by atoms with Crippen LogP contribution in [-0.4, -0.2) is 337 Å². The lowest BCUT2D eigenvalue weighted by Crippen LogP contribution is -2.36. The summed E-state index contributed by atoms with van der Waals surface area (Å²) in [6.07, 6.45) is 22.6. The molecule has 2 fully saturated rings. The molecule has 1 saturated carbocycles. The number of pyridine rings is 8. The number of morpholine rings is 1. The number of H-pyrrole nitrogens is 4. The van der Waals surface area contributed by atoms with Crippen LogP contribution in [0.1, 0.15) is 60.4 Å². The van der Waals surface area contributed by atoms with E-state index in [9.17, 15) is 28.8 Å². The number of ether oxygens (including phenoxy) is 1. The molecule has 2 aliphatic rings. The van der Waals surface area contributed by atoms with Crippen molar-refractivity contribution >= 4 is 142 Å². The molecule has 12 aromatic heterocycles. The van der Waals surface area contributed by atoms with Crippen molar-refractivity contribution in [3.05, 3.63) is 248 Å². The topological polar surface area (TPSA) is 437 Å². The van der Waals surface area contributed by atoms with Crippen molar-refractivity contribution in [1.82, 2.24) is 110 Å². The Morgan fingerprint density at radius 2 is 0.630 bits per heavy atom. The number of fused-ring (bicyclic) bond motifs is 4. The molecule has 0 unspecified atom stereocenters. The van der Waals surface area contributed by atoms with Gasteiger partial charge in [0.15, 0.2) is 22.8 Å². The number of urea groups is 1. The van der Waals surface area contributed by atoms with Gasteiger partial charge in [-0.2, -0.15) is 20.4 Å². The summed E-state index contributed by atoms with van der Waals surface area (Å²) >= 11 is 0. The van der Waals surface area contributed by atoms with Crippen LogP contribution in [0.5, 0.6) is 0 Å². The number of likely N-dealkylation sites (N-methyl/N-ethyl adjacent to an activating group) is 8. The van der Waals surface area contributed by atoms with Crippen LogP contribution >= 0.6 is 0 Å². The van der Waals surface area contributed by atoms with E-state index in [4.69, 9.17) is 4.74 Å². The molecule has 0 radical (unpaired) electrons. The minimum absolute atomic E-state index is 0.0333. The maximum absolute atomic E-state index is 13.1. The van der Waals surface area contributed by atoms with Gasteiger partial charge in [-0.3, -0.25) is 64.3 Å². The predicted molar refractivity (Wildman–Crippen MR) is 578 cm³/mol. The molecule has 7 amide bonds. The van der Waals surface area contributed by atoms with Crippen LogP contribution < -0.4 is 56.4 Å². The van der Waals surface area contributed by atoms with E-state index in [1.807, 2.05) is 257 Å². The van der Waals surface area contributed by atoms with Crippen molar-refractivity contribution in [2.24, 2.45) is 5.92 Å².